The molecule has 0 aliphatic carbocycles. The first-order chi connectivity index (χ1) is 13.2. The Bertz CT molecular complexity index is 1180. The van der Waals surface area contributed by atoms with Crippen LogP contribution in [0.2, 0.25) is 5.02 Å². The Balaban J connectivity index is 1.82. The lowest BCUT2D eigenvalue weighted by atomic mass is 9.93. The minimum atomic E-state index is -1.63. The van der Waals surface area contributed by atoms with Gasteiger partial charge in [-0.3, -0.25) is 0 Å². The number of aromatic nitrogens is 2. The van der Waals surface area contributed by atoms with Gasteiger partial charge in [-0.15, -0.1) is 0 Å². The van der Waals surface area contributed by atoms with Crippen LogP contribution in [-0.2, 0) is 5.60 Å². The van der Waals surface area contributed by atoms with E-state index in [1.165, 1.54) is 26.0 Å². The molecule has 0 fully saturated rings. The lowest BCUT2D eigenvalue weighted by Gasteiger charge is -2.21. The van der Waals surface area contributed by atoms with Crippen LogP contribution in [0.15, 0.2) is 60.9 Å². The van der Waals surface area contributed by atoms with Gasteiger partial charge in [0, 0.05) is 34.1 Å². The predicted molar refractivity (Wildman–Crippen MR) is 106 cm³/mol. The number of benzene rings is 2. The molecule has 0 aliphatic rings. The van der Waals surface area contributed by atoms with E-state index in [0.717, 1.165) is 11.3 Å². The maximum absolute atomic E-state index is 15.0. The van der Waals surface area contributed by atoms with Crippen molar-refractivity contribution < 1.29 is 13.9 Å². The molecule has 0 unspecified atom stereocenters. The summed E-state index contributed by atoms with van der Waals surface area (Å²) in [6, 6.07) is 13.4. The van der Waals surface area contributed by atoms with Crippen molar-refractivity contribution >= 4 is 17.2 Å². The van der Waals surface area contributed by atoms with E-state index >= 15 is 0 Å². The van der Waals surface area contributed by atoms with E-state index in [1.807, 2.05) is 18.3 Å². The first-order valence-corrected chi connectivity index (χ1v) is 9.08. The summed E-state index contributed by atoms with van der Waals surface area (Å²) in [6.45, 7) is 2.71. The average molecular weight is 399 g/mol. The minimum absolute atomic E-state index is 0.210. The summed E-state index contributed by atoms with van der Waals surface area (Å²) in [5.41, 5.74) is 1.14. The number of aliphatic hydroxyl groups is 1. The van der Waals surface area contributed by atoms with Crippen molar-refractivity contribution in [1.29, 1.82) is 0 Å². The third kappa shape index (κ3) is 3.28. The zero-order valence-electron chi connectivity index (χ0n) is 15.2. The van der Waals surface area contributed by atoms with Gasteiger partial charge in [-0.05, 0) is 50.2 Å². The zero-order chi connectivity index (χ0) is 20.1. The van der Waals surface area contributed by atoms with Crippen LogP contribution in [0.3, 0.4) is 0 Å². The number of rotatable bonds is 3. The fourth-order valence-corrected chi connectivity index (χ4v) is 3.37. The van der Waals surface area contributed by atoms with Crippen molar-refractivity contribution in [2.75, 3.05) is 0 Å². The number of nitrogens with zero attached hydrogens (tertiary/aromatic N) is 2. The number of hydrogen-bond donors (Lipinski definition) is 1. The van der Waals surface area contributed by atoms with Crippen molar-refractivity contribution in [3.05, 3.63) is 83.1 Å². The Morgan fingerprint density at radius 2 is 1.61 bits per heavy atom. The summed E-state index contributed by atoms with van der Waals surface area (Å²) < 4.78 is 30.9. The maximum atomic E-state index is 15.0. The minimum Gasteiger partial charge on any atom is -0.386 e. The number of hydrogen-bond acceptors (Lipinski definition) is 2. The number of halogens is 3. The Labute approximate surface area is 165 Å². The van der Waals surface area contributed by atoms with Crippen molar-refractivity contribution in [3.8, 4) is 22.4 Å². The van der Waals surface area contributed by atoms with Gasteiger partial charge < -0.3 is 9.51 Å². The highest BCUT2D eigenvalue weighted by Crippen LogP contribution is 2.33. The highest BCUT2D eigenvalue weighted by Gasteiger charge is 2.27. The zero-order valence-corrected chi connectivity index (χ0v) is 16.0. The number of imidazole rings is 1. The predicted octanol–water partition coefficient (Wildman–Crippen LogP) is 5.83. The molecule has 4 rings (SSSR count). The molecule has 0 amide bonds. The van der Waals surface area contributed by atoms with Crippen LogP contribution >= 0.6 is 11.6 Å². The molecule has 0 spiro atoms. The molecule has 0 aliphatic heterocycles. The van der Waals surface area contributed by atoms with Gasteiger partial charge in [-0.2, -0.15) is 0 Å². The molecule has 2 aromatic carbocycles. The van der Waals surface area contributed by atoms with Gasteiger partial charge in [-0.25, -0.2) is 13.8 Å². The lowest BCUT2D eigenvalue weighted by molar-refractivity contribution is 0.0703. The monoisotopic (exact) mass is 398 g/mol. The van der Waals surface area contributed by atoms with E-state index in [-0.39, 0.29) is 11.1 Å². The molecule has 4 aromatic rings. The Morgan fingerprint density at radius 3 is 2.29 bits per heavy atom. The normalized spacial score (nSPS) is 11.9. The molecule has 1 N–H and O–H groups in total. The molecule has 0 atom stereocenters. The van der Waals surface area contributed by atoms with Gasteiger partial charge in [0.05, 0.1) is 16.9 Å². The molecular weight excluding hydrogens is 382 g/mol. The van der Waals surface area contributed by atoms with Crippen LogP contribution in [-0.4, -0.2) is 14.5 Å². The van der Waals surface area contributed by atoms with E-state index in [0.29, 0.717) is 16.2 Å². The van der Waals surface area contributed by atoms with Gasteiger partial charge >= 0.3 is 0 Å². The van der Waals surface area contributed by atoms with Crippen LogP contribution < -0.4 is 0 Å². The summed E-state index contributed by atoms with van der Waals surface area (Å²) in [4.78, 5) is 4.57. The van der Waals surface area contributed by atoms with Gasteiger partial charge in [0.15, 0.2) is 0 Å². The SMILES string of the molecule is CC(C)(O)c1c(F)ccc(-c2ccc3nc(-c4ccc(Cl)cc4)cn3c2)c1F. The van der Waals surface area contributed by atoms with Crippen LogP contribution in [0.1, 0.15) is 19.4 Å². The Kier molecular flexibility index (Phi) is 4.44. The van der Waals surface area contributed by atoms with Gasteiger partial charge in [0.25, 0.3) is 0 Å². The molecular formula is C22H17ClF2N2O. The van der Waals surface area contributed by atoms with Crippen molar-refractivity contribution in [2.45, 2.75) is 19.4 Å². The largest absolute Gasteiger partial charge is 0.386 e. The highest BCUT2D eigenvalue weighted by atomic mass is 35.5. The topological polar surface area (TPSA) is 37.5 Å². The fraction of sp³-hybridized carbons (Fsp3) is 0.136. The quantitative estimate of drug-likeness (QED) is 0.471. The smallest absolute Gasteiger partial charge is 0.140 e. The second-order valence-electron chi connectivity index (χ2n) is 7.16. The van der Waals surface area contributed by atoms with Crippen LogP contribution in [0.4, 0.5) is 8.78 Å². The molecule has 6 heteroatoms. The Hall–Kier alpha value is -2.76. The second kappa shape index (κ2) is 6.69. The van der Waals surface area contributed by atoms with Crippen LogP contribution in [0.5, 0.6) is 0 Å². The second-order valence-corrected chi connectivity index (χ2v) is 7.60. The van der Waals surface area contributed by atoms with Gasteiger partial charge in [0.2, 0.25) is 0 Å². The molecule has 28 heavy (non-hydrogen) atoms. The van der Waals surface area contributed by atoms with E-state index in [2.05, 4.69) is 4.98 Å². The van der Waals surface area contributed by atoms with E-state index in [4.69, 9.17) is 11.6 Å². The van der Waals surface area contributed by atoms with Gasteiger partial charge in [0.1, 0.15) is 17.3 Å². The van der Waals surface area contributed by atoms with Crippen molar-refractivity contribution in [3.63, 3.8) is 0 Å². The molecule has 0 saturated carbocycles. The average Bonchev–Trinajstić information content (AvgIpc) is 3.04. The molecule has 2 aromatic heterocycles. The van der Waals surface area contributed by atoms with Crippen molar-refractivity contribution in [2.24, 2.45) is 0 Å². The highest BCUT2D eigenvalue weighted by molar-refractivity contribution is 6.30. The maximum Gasteiger partial charge on any atom is 0.140 e. The third-order valence-corrected chi connectivity index (χ3v) is 4.86. The summed E-state index contributed by atoms with van der Waals surface area (Å²) >= 11 is 5.93. The summed E-state index contributed by atoms with van der Waals surface area (Å²) in [5, 5.41) is 10.8. The van der Waals surface area contributed by atoms with E-state index in [9.17, 15) is 13.9 Å². The van der Waals surface area contributed by atoms with Crippen molar-refractivity contribution in [1.82, 2.24) is 9.38 Å². The van der Waals surface area contributed by atoms with E-state index < -0.39 is 17.2 Å². The summed E-state index contributed by atoms with van der Waals surface area (Å²) in [7, 11) is 0. The van der Waals surface area contributed by atoms with Crippen LogP contribution in [0.25, 0.3) is 28.0 Å². The molecule has 2 heterocycles. The number of pyridine rings is 1. The fourth-order valence-electron chi connectivity index (χ4n) is 3.25. The summed E-state index contributed by atoms with van der Waals surface area (Å²) in [6.07, 6.45) is 3.56. The molecule has 0 bridgehead atoms. The molecule has 142 valence electrons. The first kappa shape index (κ1) is 18.6. The third-order valence-electron chi connectivity index (χ3n) is 4.60. The Morgan fingerprint density at radius 1 is 0.929 bits per heavy atom. The summed E-state index contributed by atoms with van der Waals surface area (Å²) in [5.74, 6) is -1.55. The first-order valence-electron chi connectivity index (χ1n) is 8.70. The van der Waals surface area contributed by atoms with Gasteiger partial charge in [-0.1, -0.05) is 23.7 Å². The molecule has 3 nitrogen and oxygen atoms in total. The lowest BCUT2D eigenvalue weighted by Crippen LogP contribution is -2.20. The van der Waals surface area contributed by atoms with E-state index in [1.54, 1.807) is 34.9 Å². The molecule has 0 saturated heterocycles. The molecule has 0 radical (unpaired) electrons. The standard InChI is InChI=1S/C22H17ClF2N2O/c1-22(2,28)20-17(24)9-8-16(21(20)25)14-5-10-19-26-18(12-27(19)11-14)13-3-6-15(23)7-4-13/h3-12,28H,1-2H3. The number of fused-ring (bicyclic) bond motifs is 1. The van der Waals surface area contributed by atoms with Crippen LogP contribution in [0, 0.1) is 11.6 Å².